The smallest absolute Gasteiger partial charge is 0.255 e. The highest BCUT2D eigenvalue weighted by atomic mass is 16.3. The third-order valence-electron chi connectivity index (χ3n) is 3.89. The fourth-order valence-electron chi connectivity index (χ4n) is 2.54. The molecule has 0 aliphatic rings. The molecule has 0 aliphatic carbocycles. The number of phenolic OH excluding ortho intramolecular Hbond substituents is 2. The minimum absolute atomic E-state index is 0.0512. The first-order valence-electron chi connectivity index (χ1n) is 7.53. The second kappa shape index (κ2) is 6.16. The molecule has 6 nitrogen and oxygen atoms in total. The second-order valence-corrected chi connectivity index (χ2v) is 5.69. The lowest BCUT2D eigenvalue weighted by atomic mass is 10.0. The third kappa shape index (κ3) is 2.97. The number of aromatic nitrogens is 1. The largest absolute Gasteiger partial charge is 0.506 e. The van der Waals surface area contributed by atoms with Crippen LogP contribution in [0.4, 0.5) is 5.69 Å². The SMILES string of the molecule is Cc1cccc(-n2cc(C(=O)c3ccc(O)c(N)c3O)ccc2=O)c1. The number of nitrogen functional groups attached to an aromatic ring is 1. The number of pyridine rings is 1. The molecule has 4 N–H and O–H groups in total. The van der Waals surface area contributed by atoms with E-state index in [1.807, 2.05) is 25.1 Å². The molecule has 0 saturated heterocycles. The monoisotopic (exact) mass is 336 g/mol. The number of benzene rings is 2. The van der Waals surface area contributed by atoms with E-state index in [-0.39, 0.29) is 28.1 Å². The number of rotatable bonds is 3. The Morgan fingerprint density at radius 2 is 1.84 bits per heavy atom. The highest BCUT2D eigenvalue weighted by molar-refractivity contribution is 6.11. The van der Waals surface area contributed by atoms with Gasteiger partial charge in [-0.25, -0.2) is 0 Å². The van der Waals surface area contributed by atoms with Crippen molar-refractivity contribution in [1.29, 1.82) is 0 Å². The normalized spacial score (nSPS) is 10.6. The van der Waals surface area contributed by atoms with Crippen LogP contribution in [0.25, 0.3) is 5.69 Å². The number of anilines is 1. The van der Waals surface area contributed by atoms with Crippen molar-refractivity contribution in [3.8, 4) is 17.2 Å². The summed E-state index contributed by atoms with van der Waals surface area (Å²) in [6.45, 7) is 1.90. The fourth-order valence-corrected chi connectivity index (χ4v) is 2.54. The number of hydrogen-bond donors (Lipinski definition) is 3. The molecule has 6 heteroatoms. The lowest BCUT2D eigenvalue weighted by molar-refractivity contribution is 0.103. The standard InChI is InChI=1S/C19H16N2O4/c1-11-3-2-4-13(9-11)21-10-12(5-8-16(21)23)18(24)14-6-7-15(22)17(20)19(14)25/h2-10,22,25H,20H2,1H3. The Morgan fingerprint density at radius 1 is 1.08 bits per heavy atom. The minimum atomic E-state index is -0.509. The first-order valence-corrected chi connectivity index (χ1v) is 7.53. The van der Waals surface area contributed by atoms with Crippen LogP contribution in [-0.2, 0) is 0 Å². The van der Waals surface area contributed by atoms with E-state index in [0.29, 0.717) is 5.69 Å². The van der Waals surface area contributed by atoms with E-state index in [0.717, 1.165) is 5.56 Å². The van der Waals surface area contributed by atoms with Crippen molar-refractivity contribution >= 4 is 11.5 Å². The van der Waals surface area contributed by atoms with Crippen LogP contribution in [0.15, 0.2) is 59.5 Å². The van der Waals surface area contributed by atoms with Gasteiger partial charge in [-0.3, -0.25) is 14.2 Å². The van der Waals surface area contributed by atoms with Gasteiger partial charge < -0.3 is 15.9 Å². The molecule has 0 fully saturated rings. The molecule has 3 aromatic rings. The van der Waals surface area contributed by atoms with Gasteiger partial charge in [0.25, 0.3) is 5.56 Å². The van der Waals surface area contributed by atoms with Crippen molar-refractivity contribution < 1.29 is 15.0 Å². The summed E-state index contributed by atoms with van der Waals surface area (Å²) in [6.07, 6.45) is 1.42. The summed E-state index contributed by atoms with van der Waals surface area (Å²) in [5.74, 6) is -1.30. The van der Waals surface area contributed by atoms with Crippen LogP contribution < -0.4 is 11.3 Å². The lowest BCUT2D eigenvalue weighted by Crippen LogP contribution is -2.18. The third-order valence-corrected chi connectivity index (χ3v) is 3.89. The number of aromatic hydroxyl groups is 2. The maximum atomic E-state index is 12.7. The number of nitrogens with two attached hydrogens (primary N) is 1. The molecule has 2 aromatic carbocycles. The molecular formula is C19H16N2O4. The summed E-state index contributed by atoms with van der Waals surface area (Å²) in [5, 5.41) is 19.5. The van der Waals surface area contributed by atoms with Gasteiger partial charge in [0.15, 0.2) is 11.5 Å². The molecule has 25 heavy (non-hydrogen) atoms. The summed E-state index contributed by atoms with van der Waals surface area (Å²) in [7, 11) is 0. The summed E-state index contributed by atoms with van der Waals surface area (Å²) >= 11 is 0. The molecule has 0 aliphatic heterocycles. The average molecular weight is 336 g/mol. The second-order valence-electron chi connectivity index (χ2n) is 5.69. The first-order chi connectivity index (χ1) is 11.9. The maximum Gasteiger partial charge on any atom is 0.255 e. The van der Waals surface area contributed by atoms with Gasteiger partial charge in [0.05, 0.1) is 5.56 Å². The van der Waals surface area contributed by atoms with Crippen molar-refractivity contribution in [3.63, 3.8) is 0 Å². The van der Waals surface area contributed by atoms with E-state index in [2.05, 4.69) is 0 Å². The van der Waals surface area contributed by atoms with E-state index in [4.69, 9.17) is 5.73 Å². The van der Waals surface area contributed by atoms with Gasteiger partial charge in [-0.1, -0.05) is 12.1 Å². The molecule has 1 aromatic heterocycles. The van der Waals surface area contributed by atoms with Crippen molar-refractivity contribution in [2.75, 3.05) is 5.73 Å². The molecule has 3 rings (SSSR count). The number of carbonyl (C=O) groups is 1. The molecule has 0 spiro atoms. The predicted octanol–water partition coefficient (Wildman–Crippen LogP) is 2.37. The lowest BCUT2D eigenvalue weighted by Gasteiger charge is -2.10. The minimum Gasteiger partial charge on any atom is -0.506 e. The number of hydrogen-bond acceptors (Lipinski definition) is 5. The van der Waals surface area contributed by atoms with Gasteiger partial charge >= 0.3 is 0 Å². The summed E-state index contributed by atoms with van der Waals surface area (Å²) in [6, 6.07) is 12.5. The summed E-state index contributed by atoms with van der Waals surface area (Å²) in [5.41, 5.74) is 6.77. The van der Waals surface area contributed by atoms with Crippen LogP contribution in [0, 0.1) is 6.92 Å². The van der Waals surface area contributed by atoms with Gasteiger partial charge in [0, 0.05) is 23.5 Å². The van der Waals surface area contributed by atoms with Gasteiger partial charge in [0.2, 0.25) is 0 Å². The molecule has 0 saturated carbocycles. The number of ketones is 1. The van der Waals surface area contributed by atoms with Crippen LogP contribution in [0.3, 0.4) is 0 Å². The topological polar surface area (TPSA) is 106 Å². The predicted molar refractivity (Wildman–Crippen MR) is 94.4 cm³/mol. The Labute approximate surface area is 143 Å². The fraction of sp³-hybridized carbons (Fsp3) is 0.0526. The molecule has 0 amide bonds. The number of carbonyl (C=O) groups excluding carboxylic acids is 1. The van der Waals surface area contributed by atoms with E-state index in [1.165, 1.54) is 35.0 Å². The zero-order valence-electron chi connectivity index (χ0n) is 13.4. The Hall–Kier alpha value is -3.54. The number of aryl methyl sites for hydroxylation is 1. The van der Waals surface area contributed by atoms with Crippen molar-refractivity contribution in [1.82, 2.24) is 4.57 Å². The van der Waals surface area contributed by atoms with Crippen LogP contribution in [-0.4, -0.2) is 20.6 Å². The van der Waals surface area contributed by atoms with Crippen molar-refractivity contribution in [2.24, 2.45) is 0 Å². The molecular weight excluding hydrogens is 320 g/mol. The Bertz CT molecular complexity index is 1040. The van der Waals surface area contributed by atoms with E-state index in [1.54, 1.807) is 6.07 Å². The van der Waals surface area contributed by atoms with E-state index < -0.39 is 11.5 Å². The van der Waals surface area contributed by atoms with Crippen LogP contribution in [0.2, 0.25) is 0 Å². The van der Waals surface area contributed by atoms with Gasteiger partial charge in [-0.2, -0.15) is 0 Å². The Morgan fingerprint density at radius 3 is 2.56 bits per heavy atom. The van der Waals surface area contributed by atoms with Gasteiger partial charge in [-0.15, -0.1) is 0 Å². The molecule has 0 radical (unpaired) electrons. The maximum absolute atomic E-state index is 12.7. The Kier molecular flexibility index (Phi) is 4.02. The summed E-state index contributed by atoms with van der Waals surface area (Å²) < 4.78 is 1.36. The van der Waals surface area contributed by atoms with Crippen molar-refractivity contribution in [2.45, 2.75) is 6.92 Å². The Balaban J connectivity index is 2.10. The van der Waals surface area contributed by atoms with Crippen molar-refractivity contribution in [3.05, 3.63) is 81.8 Å². The first kappa shape index (κ1) is 16.3. The molecule has 1 heterocycles. The molecule has 0 atom stereocenters. The van der Waals surface area contributed by atoms with Gasteiger partial charge in [-0.05, 0) is 42.8 Å². The molecule has 0 bridgehead atoms. The zero-order chi connectivity index (χ0) is 18.1. The van der Waals surface area contributed by atoms with Crippen LogP contribution in [0.5, 0.6) is 11.5 Å². The van der Waals surface area contributed by atoms with E-state index >= 15 is 0 Å². The van der Waals surface area contributed by atoms with Crippen LogP contribution in [0.1, 0.15) is 21.5 Å². The quantitative estimate of drug-likeness (QED) is 0.387. The van der Waals surface area contributed by atoms with Crippen LogP contribution >= 0.6 is 0 Å². The number of nitrogens with zero attached hydrogens (tertiary/aromatic N) is 1. The van der Waals surface area contributed by atoms with Gasteiger partial charge in [0.1, 0.15) is 11.4 Å². The highest BCUT2D eigenvalue weighted by Crippen LogP contribution is 2.34. The average Bonchev–Trinajstić information content (AvgIpc) is 2.60. The highest BCUT2D eigenvalue weighted by Gasteiger charge is 2.18. The van der Waals surface area contributed by atoms with E-state index in [9.17, 15) is 19.8 Å². The molecule has 126 valence electrons. The summed E-state index contributed by atoms with van der Waals surface area (Å²) in [4.78, 5) is 24.8. The zero-order valence-corrected chi connectivity index (χ0v) is 13.4. The number of phenols is 2. The molecule has 0 unspecified atom stereocenters.